The lowest BCUT2D eigenvalue weighted by Gasteiger charge is -2.26. The Labute approximate surface area is 299 Å². The molecule has 0 radical (unpaired) electrons. The van der Waals surface area contributed by atoms with Gasteiger partial charge in [-0.2, -0.15) is 0 Å². The number of nitrogens with zero attached hydrogens (tertiary/aromatic N) is 1. The lowest BCUT2D eigenvalue weighted by molar-refractivity contribution is 1.28. The van der Waals surface area contributed by atoms with Crippen LogP contribution in [0.1, 0.15) is 0 Å². The smallest absolute Gasteiger partial charge is 0.0462 e. The third kappa shape index (κ3) is 5.96. The minimum atomic E-state index is 1.11. The first-order valence-electron chi connectivity index (χ1n) is 17.5. The fourth-order valence-electron chi connectivity index (χ4n) is 7.28. The predicted octanol–water partition coefficient (Wildman–Crippen LogP) is 14.1. The van der Waals surface area contributed by atoms with E-state index in [4.69, 9.17) is 0 Å². The van der Waals surface area contributed by atoms with Gasteiger partial charge in [-0.25, -0.2) is 0 Å². The van der Waals surface area contributed by atoms with Crippen molar-refractivity contribution in [2.24, 2.45) is 0 Å². The van der Waals surface area contributed by atoms with Crippen molar-refractivity contribution in [3.8, 4) is 44.5 Å². The topological polar surface area (TPSA) is 3.24 Å². The van der Waals surface area contributed by atoms with Gasteiger partial charge < -0.3 is 4.90 Å². The molecule has 0 saturated heterocycles. The molecular weight excluding hydrogens is 615 g/mol. The summed E-state index contributed by atoms with van der Waals surface area (Å²) in [5.41, 5.74) is 13.0. The van der Waals surface area contributed by atoms with Gasteiger partial charge in [-0.1, -0.05) is 164 Å². The molecular formula is C50H35N. The predicted molar refractivity (Wildman–Crippen MR) is 218 cm³/mol. The summed E-state index contributed by atoms with van der Waals surface area (Å²) >= 11 is 0. The van der Waals surface area contributed by atoms with Gasteiger partial charge in [0.25, 0.3) is 0 Å². The largest absolute Gasteiger partial charge is 0.311 e. The number of hydrogen-bond acceptors (Lipinski definition) is 1. The zero-order valence-electron chi connectivity index (χ0n) is 28.2. The Morgan fingerprint density at radius 1 is 0.235 bits per heavy atom. The molecule has 9 rings (SSSR count). The van der Waals surface area contributed by atoms with E-state index in [1.54, 1.807) is 0 Å². The van der Waals surface area contributed by atoms with Crippen LogP contribution < -0.4 is 4.90 Å². The molecule has 51 heavy (non-hydrogen) atoms. The molecule has 1 nitrogen and oxygen atoms in total. The molecule has 9 aromatic carbocycles. The average molecular weight is 650 g/mol. The molecule has 0 atom stereocenters. The molecule has 9 aromatic rings. The lowest BCUT2D eigenvalue weighted by atomic mass is 9.92. The van der Waals surface area contributed by atoms with Crippen LogP contribution in [0.25, 0.3) is 66.1 Å². The van der Waals surface area contributed by atoms with E-state index >= 15 is 0 Å². The highest BCUT2D eigenvalue weighted by molar-refractivity contribution is 6.13. The third-order valence-corrected chi connectivity index (χ3v) is 9.87. The number of hydrogen-bond donors (Lipinski definition) is 0. The number of anilines is 3. The van der Waals surface area contributed by atoms with Gasteiger partial charge in [0.1, 0.15) is 0 Å². The summed E-state index contributed by atoms with van der Waals surface area (Å²) in [6.07, 6.45) is 0. The molecule has 0 heterocycles. The highest BCUT2D eigenvalue weighted by Crippen LogP contribution is 2.39. The highest BCUT2D eigenvalue weighted by atomic mass is 15.1. The van der Waals surface area contributed by atoms with Gasteiger partial charge in [-0.15, -0.1) is 0 Å². The van der Waals surface area contributed by atoms with Crippen LogP contribution in [0, 0.1) is 0 Å². The fourth-order valence-corrected chi connectivity index (χ4v) is 7.28. The molecule has 0 aliphatic carbocycles. The summed E-state index contributed by atoms with van der Waals surface area (Å²) < 4.78 is 0. The van der Waals surface area contributed by atoms with Crippen LogP contribution in [-0.2, 0) is 0 Å². The molecule has 0 N–H and O–H groups in total. The van der Waals surface area contributed by atoms with Crippen molar-refractivity contribution in [1.29, 1.82) is 0 Å². The monoisotopic (exact) mass is 649 g/mol. The maximum absolute atomic E-state index is 2.34. The molecule has 0 aliphatic rings. The molecule has 0 amide bonds. The molecule has 1 heteroatoms. The molecule has 0 aromatic heterocycles. The minimum Gasteiger partial charge on any atom is -0.311 e. The van der Waals surface area contributed by atoms with E-state index in [0.717, 1.165) is 17.1 Å². The second kappa shape index (κ2) is 13.3. The van der Waals surface area contributed by atoms with E-state index in [2.05, 4.69) is 217 Å². The molecule has 0 fully saturated rings. The van der Waals surface area contributed by atoms with Crippen LogP contribution >= 0.6 is 0 Å². The summed E-state index contributed by atoms with van der Waals surface area (Å²) in [5, 5.41) is 5.11. The van der Waals surface area contributed by atoms with Crippen LogP contribution in [-0.4, -0.2) is 0 Å². The van der Waals surface area contributed by atoms with E-state index in [9.17, 15) is 0 Å². The maximum atomic E-state index is 2.34. The van der Waals surface area contributed by atoms with Gasteiger partial charge in [-0.3, -0.25) is 0 Å². The van der Waals surface area contributed by atoms with Crippen molar-refractivity contribution in [2.75, 3.05) is 4.90 Å². The summed E-state index contributed by atoms with van der Waals surface area (Å²) in [5.74, 6) is 0. The fraction of sp³-hybridized carbons (Fsp3) is 0. The summed E-state index contributed by atoms with van der Waals surface area (Å²) in [6.45, 7) is 0. The first-order valence-corrected chi connectivity index (χ1v) is 17.5. The van der Waals surface area contributed by atoms with Crippen molar-refractivity contribution in [1.82, 2.24) is 0 Å². The Kier molecular flexibility index (Phi) is 7.92. The highest BCUT2D eigenvalue weighted by Gasteiger charge is 2.15. The van der Waals surface area contributed by atoms with Crippen molar-refractivity contribution < 1.29 is 0 Å². The van der Waals surface area contributed by atoms with E-state index in [0.29, 0.717) is 0 Å². The van der Waals surface area contributed by atoms with Crippen LogP contribution in [0.5, 0.6) is 0 Å². The van der Waals surface area contributed by atoms with E-state index in [1.807, 2.05) is 0 Å². The van der Waals surface area contributed by atoms with Crippen molar-refractivity contribution >= 4 is 38.6 Å². The lowest BCUT2D eigenvalue weighted by Crippen LogP contribution is -2.09. The number of benzene rings is 9. The molecule has 0 bridgehead atoms. The van der Waals surface area contributed by atoms with Crippen LogP contribution in [0.15, 0.2) is 212 Å². The van der Waals surface area contributed by atoms with Crippen molar-refractivity contribution in [3.63, 3.8) is 0 Å². The number of rotatable bonds is 7. The van der Waals surface area contributed by atoms with E-state index in [-0.39, 0.29) is 0 Å². The van der Waals surface area contributed by atoms with Gasteiger partial charge in [0.05, 0.1) is 0 Å². The first kappa shape index (κ1) is 30.4. The van der Waals surface area contributed by atoms with Gasteiger partial charge in [0.15, 0.2) is 0 Å². The minimum absolute atomic E-state index is 1.11. The van der Waals surface area contributed by atoms with Crippen LogP contribution in [0.2, 0.25) is 0 Å². The average Bonchev–Trinajstić information content (AvgIpc) is 3.22. The van der Waals surface area contributed by atoms with E-state index in [1.165, 1.54) is 66.1 Å². The summed E-state index contributed by atoms with van der Waals surface area (Å²) in [4.78, 5) is 2.34. The van der Waals surface area contributed by atoms with E-state index < -0.39 is 0 Å². The first-order chi connectivity index (χ1) is 25.3. The standard InChI is InChI=1S/C50H35N/c1-3-12-36(13-4-1)38-22-28-44(29-23-38)51(45-30-24-39(25-31-45)37-14-5-2-6-15-37)46-32-26-40(27-33-46)41-17-11-18-42(34-41)50-35-43-16-7-8-19-47(43)48-20-9-10-21-49(48)50/h1-35H. The zero-order chi connectivity index (χ0) is 34.0. The second-order valence-electron chi connectivity index (χ2n) is 13.0. The SMILES string of the molecule is c1ccc(-c2ccc(N(c3ccc(-c4ccccc4)cc3)c3ccc(-c4cccc(-c5cc6ccccc6c6ccccc56)c4)cc3)cc2)cc1. The Balaban J connectivity index is 1.08. The van der Waals surface area contributed by atoms with Gasteiger partial charge in [0.2, 0.25) is 0 Å². The Hall–Kier alpha value is -6.70. The molecule has 0 unspecified atom stereocenters. The number of fused-ring (bicyclic) bond motifs is 3. The van der Waals surface area contributed by atoms with Crippen LogP contribution in [0.4, 0.5) is 17.1 Å². The summed E-state index contributed by atoms with van der Waals surface area (Å²) in [6, 6.07) is 76.5. The maximum Gasteiger partial charge on any atom is 0.0462 e. The Morgan fingerprint density at radius 3 is 1.18 bits per heavy atom. The van der Waals surface area contributed by atoms with Gasteiger partial charge in [-0.05, 0) is 115 Å². The molecule has 0 saturated carbocycles. The van der Waals surface area contributed by atoms with Crippen molar-refractivity contribution in [2.45, 2.75) is 0 Å². The molecule has 0 aliphatic heterocycles. The van der Waals surface area contributed by atoms with Crippen LogP contribution in [0.3, 0.4) is 0 Å². The normalized spacial score (nSPS) is 11.1. The molecule has 0 spiro atoms. The van der Waals surface area contributed by atoms with Gasteiger partial charge >= 0.3 is 0 Å². The Morgan fingerprint density at radius 2 is 0.627 bits per heavy atom. The van der Waals surface area contributed by atoms with Gasteiger partial charge in [0, 0.05) is 17.1 Å². The molecule has 240 valence electrons. The zero-order valence-corrected chi connectivity index (χ0v) is 28.2. The third-order valence-electron chi connectivity index (χ3n) is 9.87. The summed E-state index contributed by atoms with van der Waals surface area (Å²) in [7, 11) is 0. The Bertz CT molecular complexity index is 2500. The quantitative estimate of drug-likeness (QED) is 0.155. The van der Waals surface area contributed by atoms with Crippen molar-refractivity contribution in [3.05, 3.63) is 212 Å². The second-order valence-corrected chi connectivity index (χ2v) is 13.0.